The van der Waals surface area contributed by atoms with Crippen LogP contribution < -0.4 is 14.8 Å². The molecule has 0 radical (unpaired) electrons. The molecule has 1 aromatic heterocycles. The number of aromatic amines is 1. The van der Waals surface area contributed by atoms with Crippen LogP contribution in [0, 0.1) is 0 Å². The number of hydrogen-bond acceptors (Lipinski definition) is 4. The maximum Gasteiger partial charge on any atom is 0.161 e. The average Bonchev–Trinajstić information content (AvgIpc) is 3.18. The predicted octanol–water partition coefficient (Wildman–Crippen LogP) is 5.46. The van der Waals surface area contributed by atoms with Crippen LogP contribution in [0.5, 0.6) is 11.5 Å². The van der Waals surface area contributed by atoms with Crippen molar-refractivity contribution < 1.29 is 9.47 Å². The second kappa shape index (κ2) is 6.68. The van der Waals surface area contributed by atoms with Crippen molar-refractivity contribution in [2.45, 2.75) is 19.3 Å². The van der Waals surface area contributed by atoms with E-state index >= 15 is 0 Å². The number of methoxy groups -OCH3 is 2. The Morgan fingerprint density at radius 3 is 2.62 bits per heavy atom. The maximum absolute atomic E-state index is 5.49. The molecule has 0 saturated carbocycles. The molecule has 0 spiro atoms. The van der Waals surface area contributed by atoms with Crippen molar-refractivity contribution in [3.63, 3.8) is 0 Å². The van der Waals surface area contributed by atoms with Gasteiger partial charge in [-0.05, 0) is 42.3 Å². The quantitative estimate of drug-likeness (QED) is 0.583. The fourth-order valence-electron chi connectivity index (χ4n) is 3.67. The van der Waals surface area contributed by atoms with Crippen LogP contribution in [0.3, 0.4) is 0 Å². The molecule has 26 heavy (non-hydrogen) atoms. The number of anilines is 2. The Labute approximate surface area is 160 Å². The maximum atomic E-state index is 5.49. The number of H-pyrrole nitrogens is 1. The number of benzene rings is 2. The van der Waals surface area contributed by atoms with Gasteiger partial charge in [-0.25, -0.2) is 0 Å². The molecule has 0 bridgehead atoms. The molecule has 0 aliphatic heterocycles. The Morgan fingerprint density at radius 1 is 1.15 bits per heavy atom. The van der Waals surface area contributed by atoms with Gasteiger partial charge in [-0.1, -0.05) is 28.9 Å². The fraction of sp³-hybridized carbons (Fsp3) is 0.250. The summed E-state index contributed by atoms with van der Waals surface area (Å²) in [5, 5.41) is 11.2. The van der Waals surface area contributed by atoms with Gasteiger partial charge in [0.15, 0.2) is 11.5 Å². The van der Waals surface area contributed by atoms with Crippen LogP contribution >= 0.6 is 15.9 Å². The molecule has 1 aliphatic carbocycles. The number of hydrogen-bond donors (Lipinski definition) is 2. The molecular formula is C20H20BrN3O2. The highest BCUT2D eigenvalue weighted by Crippen LogP contribution is 2.51. The molecule has 0 saturated heterocycles. The van der Waals surface area contributed by atoms with Crippen molar-refractivity contribution in [3.8, 4) is 22.8 Å². The molecule has 0 fully saturated rings. The Balaban J connectivity index is 1.80. The lowest BCUT2D eigenvalue weighted by Gasteiger charge is -2.15. The molecule has 134 valence electrons. The van der Waals surface area contributed by atoms with Crippen molar-refractivity contribution in [1.29, 1.82) is 0 Å². The number of nitrogens with one attached hydrogen (secondary N) is 2. The Hall–Kier alpha value is -2.47. The molecule has 1 atom stereocenters. The lowest BCUT2D eigenvalue weighted by molar-refractivity contribution is 0.354. The van der Waals surface area contributed by atoms with Gasteiger partial charge >= 0.3 is 0 Å². The summed E-state index contributed by atoms with van der Waals surface area (Å²) in [7, 11) is 3.32. The largest absolute Gasteiger partial charge is 0.493 e. The summed E-state index contributed by atoms with van der Waals surface area (Å²) in [5.41, 5.74) is 5.51. The molecular weight excluding hydrogens is 394 g/mol. The van der Waals surface area contributed by atoms with Crippen molar-refractivity contribution in [1.82, 2.24) is 10.2 Å². The van der Waals surface area contributed by atoms with E-state index in [9.17, 15) is 0 Å². The third kappa shape index (κ3) is 2.65. The van der Waals surface area contributed by atoms with Crippen LogP contribution in [0.25, 0.3) is 11.3 Å². The first-order valence-electron chi connectivity index (χ1n) is 8.53. The highest BCUT2D eigenvalue weighted by atomic mass is 79.9. The zero-order chi connectivity index (χ0) is 18.3. The van der Waals surface area contributed by atoms with Gasteiger partial charge in [0.1, 0.15) is 5.82 Å². The molecule has 0 amide bonds. The van der Waals surface area contributed by atoms with Gasteiger partial charge in [0.2, 0.25) is 0 Å². The van der Waals surface area contributed by atoms with E-state index < -0.39 is 0 Å². The number of halogens is 1. The number of ether oxygens (including phenoxy) is 2. The summed E-state index contributed by atoms with van der Waals surface area (Å²) in [5.74, 6) is 2.66. The van der Waals surface area contributed by atoms with Gasteiger partial charge in [0, 0.05) is 27.2 Å². The van der Waals surface area contributed by atoms with E-state index in [2.05, 4.69) is 44.4 Å². The van der Waals surface area contributed by atoms with Crippen molar-refractivity contribution in [2.75, 3.05) is 19.5 Å². The van der Waals surface area contributed by atoms with Crippen LogP contribution in [0.1, 0.15) is 30.4 Å². The molecule has 2 aromatic carbocycles. The summed E-state index contributed by atoms with van der Waals surface area (Å²) in [6, 6.07) is 12.2. The standard InChI is InChI=1S/C20H20BrN3O2/c1-4-13-14-9-16(25-2)17(26-3)10-15(14)19-18(13)20(24-23-19)22-12-7-5-6-11(21)8-12/h5-10,13H,4H2,1-3H3,(H2,22,23,24). The van der Waals surface area contributed by atoms with E-state index in [0.717, 1.165) is 45.2 Å². The minimum atomic E-state index is 0.258. The van der Waals surface area contributed by atoms with Crippen molar-refractivity contribution in [2.24, 2.45) is 0 Å². The first-order valence-corrected chi connectivity index (χ1v) is 9.32. The van der Waals surface area contributed by atoms with E-state index in [1.54, 1.807) is 14.2 Å². The lowest BCUT2D eigenvalue weighted by Crippen LogP contribution is -2.01. The van der Waals surface area contributed by atoms with Crippen LogP contribution in [0.15, 0.2) is 40.9 Å². The lowest BCUT2D eigenvalue weighted by atomic mass is 9.94. The van der Waals surface area contributed by atoms with Gasteiger partial charge in [-0.2, -0.15) is 5.10 Å². The third-order valence-corrected chi connectivity index (χ3v) is 5.33. The van der Waals surface area contributed by atoms with E-state index in [0.29, 0.717) is 0 Å². The normalized spacial score (nSPS) is 14.7. The number of aromatic nitrogens is 2. The topological polar surface area (TPSA) is 59.2 Å². The highest BCUT2D eigenvalue weighted by molar-refractivity contribution is 9.10. The van der Waals surface area contributed by atoms with Crippen LogP contribution in [-0.2, 0) is 0 Å². The molecule has 6 heteroatoms. The van der Waals surface area contributed by atoms with Gasteiger partial charge in [-0.15, -0.1) is 0 Å². The third-order valence-electron chi connectivity index (χ3n) is 4.84. The van der Waals surface area contributed by atoms with Crippen LogP contribution in [0.2, 0.25) is 0 Å². The van der Waals surface area contributed by atoms with Crippen molar-refractivity contribution >= 4 is 27.4 Å². The smallest absolute Gasteiger partial charge is 0.161 e. The summed E-state index contributed by atoms with van der Waals surface area (Å²) in [6.45, 7) is 2.19. The van der Waals surface area contributed by atoms with Gasteiger partial charge < -0.3 is 14.8 Å². The van der Waals surface area contributed by atoms with Crippen LogP contribution in [0.4, 0.5) is 11.5 Å². The second-order valence-corrected chi connectivity index (χ2v) is 7.17. The zero-order valence-electron chi connectivity index (χ0n) is 14.9. The number of nitrogens with zero attached hydrogens (tertiary/aromatic N) is 1. The summed E-state index contributed by atoms with van der Waals surface area (Å²) < 4.78 is 12.0. The van der Waals surface area contributed by atoms with E-state index in [4.69, 9.17) is 9.47 Å². The molecule has 1 aliphatic rings. The van der Waals surface area contributed by atoms with E-state index in [-0.39, 0.29) is 5.92 Å². The Morgan fingerprint density at radius 2 is 1.92 bits per heavy atom. The summed E-state index contributed by atoms with van der Waals surface area (Å²) in [4.78, 5) is 0. The van der Waals surface area contributed by atoms with Gasteiger partial charge in [0.25, 0.3) is 0 Å². The summed E-state index contributed by atoms with van der Waals surface area (Å²) >= 11 is 3.52. The average molecular weight is 414 g/mol. The highest BCUT2D eigenvalue weighted by Gasteiger charge is 2.34. The van der Waals surface area contributed by atoms with Gasteiger partial charge in [-0.3, -0.25) is 5.10 Å². The van der Waals surface area contributed by atoms with Crippen molar-refractivity contribution in [3.05, 3.63) is 52.0 Å². The molecule has 1 heterocycles. The first kappa shape index (κ1) is 17.0. The van der Waals surface area contributed by atoms with E-state index in [1.165, 1.54) is 11.1 Å². The fourth-order valence-corrected chi connectivity index (χ4v) is 4.07. The Bertz CT molecular complexity index is 968. The number of fused-ring (bicyclic) bond motifs is 3. The second-order valence-electron chi connectivity index (χ2n) is 6.25. The molecule has 3 aromatic rings. The SMILES string of the molecule is CCC1c2cc(OC)c(OC)cc2-c2n[nH]c(Nc3cccc(Br)c3)c21. The minimum absolute atomic E-state index is 0.258. The molecule has 1 unspecified atom stereocenters. The molecule has 4 rings (SSSR count). The van der Waals surface area contributed by atoms with E-state index in [1.807, 2.05) is 30.3 Å². The number of rotatable bonds is 5. The van der Waals surface area contributed by atoms with Crippen LogP contribution in [-0.4, -0.2) is 24.4 Å². The summed E-state index contributed by atoms with van der Waals surface area (Å²) in [6.07, 6.45) is 0.974. The predicted molar refractivity (Wildman–Crippen MR) is 107 cm³/mol. The molecule has 5 nitrogen and oxygen atoms in total. The zero-order valence-corrected chi connectivity index (χ0v) is 16.5. The Kier molecular flexibility index (Phi) is 4.36. The monoisotopic (exact) mass is 413 g/mol. The van der Waals surface area contributed by atoms with Gasteiger partial charge in [0.05, 0.1) is 19.9 Å². The minimum Gasteiger partial charge on any atom is -0.493 e. The first-order chi connectivity index (χ1) is 12.7. The molecule has 2 N–H and O–H groups in total.